The third-order valence-corrected chi connectivity index (χ3v) is 2.56. The molecular formula is C12H12O3. The number of allylic oxidation sites excluding steroid dienone is 2. The van der Waals surface area contributed by atoms with E-state index in [1.807, 2.05) is 6.92 Å². The van der Waals surface area contributed by atoms with Crippen LogP contribution in [-0.2, 0) is 4.79 Å². The predicted octanol–water partition coefficient (Wildman–Crippen LogP) is 2.39. The van der Waals surface area contributed by atoms with Crippen molar-refractivity contribution in [2.24, 2.45) is 5.92 Å². The second-order valence-corrected chi connectivity index (χ2v) is 3.90. The lowest BCUT2D eigenvalue weighted by Gasteiger charge is -2.17. The number of ketones is 2. The molecule has 0 aliphatic heterocycles. The molecule has 0 bridgehead atoms. The number of carbonyl (C=O) groups excluding carboxylic acids is 2. The first-order valence-electron chi connectivity index (χ1n) is 4.94. The van der Waals surface area contributed by atoms with Gasteiger partial charge in [0.05, 0.1) is 6.26 Å². The summed E-state index contributed by atoms with van der Waals surface area (Å²) in [6.45, 7) is 1.87. The number of Topliss-reactive ketones (excluding diaryl/α,β-unsaturated/α-hetero) is 1. The molecule has 0 spiro atoms. The highest BCUT2D eigenvalue weighted by atomic mass is 16.3. The van der Waals surface area contributed by atoms with E-state index in [0.29, 0.717) is 18.6 Å². The number of hydrogen-bond acceptors (Lipinski definition) is 3. The molecule has 2 rings (SSSR count). The quantitative estimate of drug-likeness (QED) is 0.695. The molecule has 0 amide bonds. The Balaban J connectivity index is 2.16. The van der Waals surface area contributed by atoms with Crippen LogP contribution in [0.3, 0.4) is 0 Å². The van der Waals surface area contributed by atoms with Crippen molar-refractivity contribution < 1.29 is 14.0 Å². The highest BCUT2D eigenvalue weighted by Crippen LogP contribution is 2.25. The molecule has 0 saturated heterocycles. The summed E-state index contributed by atoms with van der Waals surface area (Å²) in [6, 6.07) is 3.32. The number of hydrogen-bond donors (Lipinski definition) is 0. The topological polar surface area (TPSA) is 47.3 Å². The van der Waals surface area contributed by atoms with Crippen molar-refractivity contribution in [3.8, 4) is 0 Å². The van der Waals surface area contributed by atoms with Crippen LogP contribution in [0.15, 0.2) is 34.5 Å². The minimum Gasteiger partial charge on any atom is -0.461 e. The maximum absolute atomic E-state index is 11.9. The summed E-state index contributed by atoms with van der Waals surface area (Å²) in [6.07, 6.45) is 4.05. The first kappa shape index (κ1) is 9.90. The molecule has 1 aromatic rings. The molecule has 0 aromatic carbocycles. The molecule has 3 nitrogen and oxygen atoms in total. The monoisotopic (exact) mass is 204 g/mol. The van der Waals surface area contributed by atoms with Crippen molar-refractivity contribution in [1.29, 1.82) is 0 Å². The number of rotatable bonds is 2. The lowest BCUT2D eigenvalue weighted by atomic mass is 9.85. The van der Waals surface area contributed by atoms with Gasteiger partial charge in [-0.2, -0.15) is 0 Å². The summed E-state index contributed by atoms with van der Waals surface area (Å²) in [5.74, 6) is 0.0700. The van der Waals surface area contributed by atoms with Gasteiger partial charge in [-0.25, -0.2) is 0 Å². The first-order valence-corrected chi connectivity index (χ1v) is 4.94. The number of carbonyl (C=O) groups is 2. The van der Waals surface area contributed by atoms with E-state index in [1.165, 1.54) is 6.26 Å². The van der Waals surface area contributed by atoms with Crippen molar-refractivity contribution in [2.45, 2.75) is 19.8 Å². The van der Waals surface area contributed by atoms with Gasteiger partial charge in [0, 0.05) is 12.3 Å². The highest BCUT2D eigenvalue weighted by Gasteiger charge is 2.27. The maximum Gasteiger partial charge on any atom is 0.201 e. The summed E-state index contributed by atoms with van der Waals surface area (Å²) in [5.41, 5.74) is 0.969. The molecule has 78 valence electrons. The Bertz CT molecular complexity index is 412. The Labute approximate surface area is 87.8 Å². The van der Waals surface area contributed by atoms with Crippen LogP contribution in [0.5, 0.6) is 0 Å². The molecule has 1 unspecified atom stereocenters. The van der Waals surface area contributed by atoms with Crippen molar-refractivity contribution in [3.63, 3.8) is 0 Å². The Morgan fingerprint density at radius 2 is 2.27 bits per heavy atom. The first-order chi connectivity index (χ1) is 7.16. The number of furan rings is 1. The van der Waals surface area contributed by atoms with Crippen LogP contribution in [0.25, 0.3) is 0 Å². The zero-order chi connectivity index (χ0) is 10.8. The lowest BCUT2D eigenvalue weighted by Crippen LogP contribution is -2.21. The van der Waals surface area contributed by atoms with Crippen LogP contribution in [0, 0.1) is 5.92 Å². The minimum absolute atomic E-state index is 0.0312. The van der Waals surface area contributed by atoms with E-state index >= 15 is 0 Å². The van der Waals surface area contributed by atoms with Crippen LogP contribution in [0.1, 0.15) is 30.3 Å². The van der Waals surface area contributed by atoms with E-state index in [0.717, 1.165) is 5.57 Å². The van der Waals surface area contributed by atoms with E-state index in [4.69, 9.17) is 4.42 Å². The van der Waals surface area contributed by atoms with Crippen molar-refractivity contribution in [3.05, 3.63) is 35.8 Å². The fourth-order valence-electron chi connectivity index (χ4n) is 1.90. The van der Waals surface area contributed by atoms with Crippen LogP contribution in [0.2, 0.25) is 0 Å². The summed E-state index contributed by atoms with van der Waals surface area (Å²) in [7, 11) is 0. The molecule has 1 aliphatic rings. The summed E-state index contributed by atoms with van der Waals surface area (Å²) in [4.78, 5) is 23.2. The zero-order valence-electron chi connectivity index (χ0n) is 8.53. The second-order valence-electron chi connectivity index (χ2n) is 3.90. The molecular weight excluding hydrogens is 192 g/mol. The SMILES string of the molecule is CC1=CC(=O)CC(C(=O)c2ccco2)C1. The van der Waals surface area contributed by atoms with E-state index in [1.54, 1.807) is 18.2 Å². The summed E-state index contributed by atoms with van der Waals surface area (Å²) in [5, 5.41) is 0. The van der Waals surface area contributed by atoms with Gasteiger partial charge in [-0.3, -0.25) is 9.59 Å². The smallest absolute Gasteiger partial charge is 0.201 e. The van der Waals surface area contributed by atoms with Crippen molar-refractivity contribution >= 4 is 11.6 Å². The van der Waals surface area contributed by atoms with Gasteiger partial charge in [-0.05, 0) is 31.6 Å². The molecule has 0 saturated carbocycles. The average molecular weight is 204 g/mol. The fraction of sp³-hybridized carbons (Fsp3) is 0.333. The van der Waals surface area contributed by atoms with Gasteiger partial charge < -0.3 is 4.42 Å². The Kier molecular flexibility index (Phi) is 2.54. The van der Waals surface area contributed by atoms with E-state index < -0.39 is 0 Å². The molecule has 1 atom stereocenters. The lowest BCUT2D eigenvalue weighted by molar-refractivity contribution is -0.115. The normalized spacial score (nSPS) is 21.3. The molecule has 0 fully saturated rings. The van der Waals surface area contributed by atoms with Crippen LogP contribution in [0.4, 0.5) is 0 Å². The third kappa shape index (κ3) is 2.06. The predicted molar refractivity (Wildman–Crippen MR) is 54.5 cm³/mol. The van der Waals surface area contributed by atoms with Crippen molar-refractivity contribution in [1.82, 2.24) is 0 Å². The van der Waals surface area contributed by atoms with Gasteiger partial charge in [0.25, 0.3) is 0 Å². The summed E-state index contributed by atoms with van der Waals surface area (Å²) < 4.78 is 5.04. The van der Waals surface area contributed by atoms with Gasteiger partial charge >= 0.3 is 0 Å². The third-order valence-electron chi connectivity index (χ3n) is 2.56. The van der Waals surface area contributed by atoms with Crippen molar-refractivity contribution in [2.75, 3.05) is 0 Å². The van der Waals surface area contributed by atoms with Crippen LogP contribution < -0.4 is 0 Å². The Morgan fingerprint density at radius 1 is 1.47 bits per heavy atom. The largest absolute Gasteiger partial charge is 0.461 e. The van der Waals surface area contributed by atoms with Gasteiger partial charge in [0.15, 0.2) is 11.5 Å². The zero-order valence-corrected chi connectivity index (χ0v) is 8.53. The standard InChI is InChI=1S/C12H12O3/c1-8-5-9(7-10(13)6-8)12(14)11-3-2-4-15-11/h2-4,6,9H,5,7H2,1H3. The van der Waals surface area contributed by atoms with E-state index in [9.17, 15) is 9.59 Å². The van der Waals surface area contributed by atoms with E-state index in [-0.39, 0.29) is 17.5 Å². The molecule has 0 radical (unpaired) electrons. The molecule has 1 heterocycles. The highest BCUT2D eigenvalue weighted by molar-refractivity contribution is 6.01. The summed E-state index contributed by atoms with van der Waals surface area (Å²) >= 11 is 0. The minimum atomic E-state index is -0.242. The fourth-order valence-corrected chi connectivity index (χ4v) is 1.90. The molecule has 1 aliphatic carbocycles. The molecule has 0 N–H and O–H groups in total. The van der Waals surface area contributed by atoms with E-state index in [2.05, 4.69) is 0 Å². The second kappa shape index (κ2) is 3.85. The molecule has 15 heavy (non-hydrogen) atoms. The average Bonchev–Trinajstić information content (AvgIpc) is 2.67. The maximum atomic E-state index is 11.9. The van der Waals surface area contributed by atoms with Gasteiger partial charge in [-0.15, -0.1) is 0 Å². The molecule has 1 aromatic heterocycles. The Hall–Kier alpha value is -1.64. The van der Waals surface area contributed by atoms with Crippen LogP contribution >= 0.6 is 0 Å². The van der Waals surface area contributed by atoms with Gasteiger partial charge in [0.1, 0.15) is 0 Å². The van der Waals surface area contributed by atoms with Gasteiger partial charge in [-0.1, -0.05) is 5.57 Å². The van der Waals surface area contributed by atoms with Crippen LogP contribution in [-0.4, -0.2) is 11.6 Å². The van der Waals surface area contributed by atoms with Gasteiger partial charge in [0.2, 0.25) is 5.78 Å². The molecule has 3 heteroatoms. The Morgan fingerprint density at radius 3 is 2.87 bits per heavy atom.